The molecule has 2 saturated heterocycles. The van der Waals surface area contributed by atoms with Crippen molar-refractivity contribution in [2.75, 3.05) is 13.2 Å². The Hall–Kier alpha value is -0.0800. The monoisotopic (exact) mass is 114 g/mol. The van der Waals surface area contributed by atoms with E-state index in [0.717, 1.165) is 19.6 Å². The lowest BCUT2D eigenvalue weighted by atomic mass is 10.1. The van der Waals surface area contributed by atoms with Gasteiger partial charge < -0.3 is 9.47 Å². The van der Waals surface area contributed by atoms with Gasteiger partial charge in [-0.15, -0.1) is 0 Å². The fourth-order valence-corrected chi connectivity index (χ4v) is 1.13. The molecule has 0 bridgehead atoms. The van der Waals surface area contributed by atoms with Crippen molar-refractivity contribution in [1.29, 1.82) is 0 Å². The molecule has 0 amide bonds. The number of hydrogen-bond acceptors (Lipinski definition) is 2. The summed E-state index contributed by atoms with van der Waals surface area (Å²) in [5.74, 6) is -0.0712. The predicted molar refractivity (Wildman–Crippen MR) is 28.5 cm³/mol. The average molecular weight is 114 g/mol. The fourth-order valence-electron chi connectivity index (χ4n) is 1.13. The van der Waals surface area contributed by atoms with Crippen LogP contribution < -0.4 is 0 Å². The second-order valence-corrected chi connectivity index (χ2v) is 2.50. The summed E-state index contributed by atoms with van der Waals surface area (Å²) >= 11 is 0. The summed E-state index contributed by atoms with van der Waals surface area (Å²) in [6.07, 6.45) is 3.61. The Labute approximate surface area is 48.8 Å². The molecule has 1 spiro atoms. The van der Waals surface area contributed by atoms with Crippen molar-refractivity contribution >= 4 is 0 Å². The van der Waals surface area contributed by atoms with Crippen LogP contribution in [0.15, 0.2) is 0 Å². The van der Waals surface area contributed by atoms with Gasteiger partial charge in [0, 0.05) is 6.42 Å². The van der Waals surface area contributed by atoms with Crippen molar-refractivity contribution in [3.8, 4) is 0 Å². The normalized spacial score (nSPS) is 45.0. The van der Waals surface area contributed by atoms with Crippen molar-refractivity contribution in [1.82, 2.24) is 0 Å². The maximum absolute atomic E-state index is 5.35. The molecule has 0 N–H and O–H groups in total. The maximum Gasteiger partial charge on any atom is 0.192 e. The molecule has 0 aromatic heterocycles. The Bertz CT molecular complexity index is 88.7. The summed E-state index contributed by atoms with van der Waals surface area (Å²) in [7, 11) is 0. The van der Waals surface area contributed by atoms with E-state index in [4.69, 9.17) is 9.47 Å². The van der Waals surface area contributed by atoms with E-state index in [9.17, 15) is 0 Å². The molecule has 2 aliphatic rings. The third-order valence-corrected chi connectivity index (χ3v) is 1.78. The van der Waals surface area contributed by atoms with Crippen molar-refractivity contribution in [2.24, 2.45) is 0 Å². The van der Waals surface area contributed by atoms with Gasteiger partial charge in [0.05, 0.1) is 6.61 Å². The van der Waals surface area contributed by atoms with Crippen LogP contribution in [0.5, 0.6) is 0 Å². The smallest absolute Gasteiger partial charge is 0.192 e. The summed E-state index contributed by atoms with van der Waals surface area (Å²) in [4.78, 5) is 0. The molecular formula is C6H10O2. The van der Waals surface area contributed by atoms with E-state index in [1.807, 2.05) is 0 Å². The van der Waals surface area contributed by atoms with Gasteiger partial charge in [-0.3, -0.25) is 0 Å². The molecule has 2 heterocycles. The molecule has 0 radical (unpaired) electrons. The van der Waals surface area contributed by atoms with E-state index in [1.165, 1.54) is 12.8 Å². The van der Waals surface area contributed by atoms with Crippen LogP contribution in [-0.2, 0) is 9.47 Å². The summed E-state index contributed by atoms with van der Waals surface area (Å²) in [5.41, 5.74) is 0. The number of ether oxygens (including phenoxy) is 2. The molecule has 1 atom stereocenters. The zero-order valence-electron chi connectivity index (χ0n) is 4.85. The van der Waals surface area contributed by atoms with Crippen molar-refractivity contribution in [3.05, 3.63) is 0 Å². The standard InChI is InChI=1S/C6H10O2/c1-2-4-7-6(3-1)5-8-6/h1-5H2. The Morgan fingerprint density at radius 3 is 2.38 bits per heavy atom. The van der Waals surface area contributed by atoms with E-state index in [-0.39, 0.29) is 5.79 Å². The van der Waals surface area contributed by atoms with Gasteiger partial charge in [0.2, 0.25) is 0 Å². The highest BCUT2D eigenvalue weighted by molar-refractivity contribution is 4.83. The largest absolute Gasteiger partial charge is 0.348 e. The molecular weight excluding hydrogens is 104 g/mol. The first-order valence-corrected chi connectivity index (χ1v) is 3.19. The van der Waals surface area contributed by atoms with E-state index >= 15 is 0 Å². The van der Waals surface area contributed by atoms with Gasteiger partial charge in [-0.2, -0.15) is 0 Å². The van der Waals surface area contributed by atoms with Crippen LogP contribution in [0.4, 0.5) is 0 Å². The summed E-state index contributed by atoms with van der Waals surface area (Å²) < 4.78 is 10.5. The predicted octanol–water partition coefficient (Wildman–Crippen LogP) is 0.913. The average Bonchev–Trinajstić information content (AvgIpc) is 2.52. The SMILES string of the molecule is C1CCC2(CO2)OC1. The van der Waals surface area contributed by atoms with Gasteiger partial charge in [0.25, 0.3) is 0 Å². The Morgan fingerprint density at radius 2 is 2.00 bits per heavy atom. The quantitative estimate of drug-likeness (QED) is 0.437. The highest BCUT2D eigenvalue weighted by Gasteiger charge is 2.46. The zero-order chi connectivity index (χ0) is 5.45. The third-order valence-electron chi connectivity index (χ3n) is 1.78. The van der Waals surface area contributed by atoms with Gasteiger partial charge in [-0.1, -0.05) is 0 Å². The highest BCUT2D eigenvalue weighted by atomic mass is 16.8. The summed E-state index contributed by atoms with van der Waals surface area (Å²) in [5, 5.41) is 0. The topological polar surface area (TPSA) is 21.8 Å². The van der Waals surface area contributed by atoms with Crippen LogP contribution in [0.25, 0.3) is 0 Å². The lowest BCUT2D eigenvalue weighted by molar-refractivity contribution is -0.0733. The van der Waals surface area contributed by atoms with E-state index in [0.29, 0.717) is 0 Å². The molecule has 1 unspecified atom stereocenters. The number of hydrogen-bond donors (Lipinski definition) is 0. The van der Waals surface area contributed by atoms with Crippen molar-refractivity contribution < 1.29 is 9.47 Å². The molecule has 2 nitrogen and oxygen atoms in total. The Balaban J connectivity index is 1.95. The maximum atomic E-state index is 5.35. The van der Waals surface area contributed by atoms with E-state index < -0.39 is 0 Å². The molecule has 2 fully saturated rings. The Morgan fingerprint density at radius 1 is 1.12 bits per heavy atom. The molecule has 0 aliphatic carbocycles. The first-order valence-electron chi connectivity index (χ1n) is 3.19. The molecule has 2 rings (SSSR count). The van der Waals surface area contributed by atoms with Gasteiger partial charge in [-0.05, 0) is 12.8 Å². The second-order valence-electron chi connectivity index (χ2n) is 2.50. The molecule has 8 heavy (non-hydrogen) atoms. The molecule has 2 heteroatoms. The van der Waals surface area contributed by atoms with Crippen LogP contribution in [0.2, 0.25) is 0 Å². The van der Waals surface area contributed by atoms with Crippen LogP contribution >= 0.6 is 0 Å². The summed E-state index contributed by atoms with van der Waals surface area (Å²) in [6, 6.07) is 0. The fraction of sp³-hybridized carbons (Fsp3) is 1.00. The van der Waals surface area contributed by atoms with Crippen LogP contribution in [0.3, 0.4) is 0 Å². The van der Waals surface area contributed by atoms with Crippen molar-refractivity contribution in [2.45, 2.75) is 25.0 Å². The lowest BCUT2D eigenvalue weighted by Gasteiger charge is -2.17. The summed E-state index contributed by atoms with van der Waals surface area (Å²) in [6.45, 7) is 1.74. The van der Waals surface area contributed by atoms with Gasteiger partial charge >= 0.3 is 0 Å². The minimum atomic E-state index is -0.0712. The van der Waals surface area contributed by atoms with Gasteiger partial charge in [0.15, 0.2) is 5.79 Å². The molecule has 0 aromatic rings. The first-order chi connectivity index (χ1) is 3.91. The number of epoxide rings is 1. The van der Waals surface area contributed by atoms with Crippen LogP contribution in [0, 0.1) is 0 Å². The van der Waals surface area contributed by atoms with Gasteiger partial charge in [0.1, 0.15) is 6.61 Å². The minimum absolute atomic E-state index is 0.0712. The highest BCUT2D eigenvalue weighted by Crippen LogP contribution is 2.36. The minimum Gasteiger partial charge on any atom is -0.348 e. The first kappa shape index (κ1) is 4.77. The Kier molecular flexibility index (Phi) is 0.866. The molecule has 2 aliphatic heterocycles. The molecule has 0 saturated carbocycles. The lowest BCUT2D eigenvalue weighted by Crippen LogP contribution is -2.21. The van der Waals surface area contributed by atoms with Crippen LogP contribution in [0.1, 0.15) is 19.3 Å². The number of rotatable bonds is 0. The molecule has 0 aromatic carbocycles. The van der Waals surface area contributed by atoms with Gasteiger partial charge in [-0.25, -0.2) is 0 Å². The van der Waals surface area contributed by atoms with Crippen LogP contribution in [-0.4, -0.2) is 19.0 Å². The van der Waals surface area contributed by atoms with Crippen molar-refractivity contribution in [3.63, 3.8) is 0 Å². The molecule has 46 valence electrons. The zero-order valence-corrected chi connectivity index (χ0v) is 4.85. The second kappa shape index (κ2) is 1.45. The van der Waals surface area contributed by atoms with E-state index in [1.54, 1.807) is 0 Å². The van der Waals surface area contributed by atoms with E-state index in [2.05, 4.69) is 0 Å². The third kappa shape index (κ3) is 0.644.